The average molecular weight is 293 g/mol. The van der Waals surface area contributed by atoms with E-state index in [4.69, 9.17) is 11.6 Å². The van der Waals surface area contributed by atoms with E-state index in [9.17, 15) is 4.39 Å². The molecule has 0 aliphatic heterocycles. The lowest BCUT2D eigenvalue weighted by atomic mass is 10.3. The minimum absolute atomic E-state index is 0.256. The summed E-state index contributed by atoms with van der Waals surface area (Å²) in [4.78, 5) is 4.27. The van der Waals surface area contributed by atoms with Gasteiger partial charge in [0.2, 0.25) is 0 Å². The molecule has 0 saturated carbocycles. The lowest BCUT2D eigenvalue weighted by Crippen LogP contribution is -2.10. The summed E-state index contributed by atoms with van der Waals surface area (Å²) in [7, 11) is 0. The van der Waals surface area contributed by atoms with Gasteiger partial charge in [-0.2, -0.15) is 5.10 Å². The third-order valence-corrected chi connectivity index (χ3v) is 3.48. The molecule has 0 fully saturated rings. The number of nitrogens with zero attached hydrogens (tertiary/aromatic N) is 4. The van der Waals surface area contributed by atoms with Crippen LogP contribution in [0.15, 0.2) is 30.6 Å². The third-order valence-electron chi connectivity index (χ3n) is 3.24. The van der Waals surface area contributed by atoms with E-state index in [1.165, 1.54) is 6.07 Å². The van der Waals surface area contributed by atoms with Crippen molar-refractivity contribution in [2.45, 2.75) is 25.9 Å². The molecule has 0 spiro atoms. The second-order valence-electron chi connectivity index (χ2n) is 4.70. The fourth-order valence-electron chi connectivity index (χ4n) is 2.30. The molecule has 2 heterocycles. The van der Waals surface area contributed by atoms with E-state index in [0.717, 1.165) is 11.1 Å². The number of imidazole rings is 1. The van der Waals surface area contributed by atoms with Gasteiger partial charge < -0.3 is 4.57 Å². The van der Waals surface area contributed by atoms with Crippen molar-refractivity contribution in [3.05, 3.63) is 47.8 Å². The first kappa shape index (κ1) is 13.1. The number of hydrogen-bond donors (Lipinski definition) is 0. The van der Waals surface area contributed by atoms with E-state index < -0.39 is 0 Å². The molecule has 4 nitrogen and oxygen atoms in total. The second kappa shape index (κ2) is 5.25. The van der Waals surface area contributed by atoms with Crippen molar-refractivity contribution in [1.29, 1.82) is 0 Å². The van der Waals surface area contributed by atoms with Crippen molar-refractivity contribution in [2.75, 3.05) is 0 Å². The van der Waals surface area contributed by atoms with Crippen molar-refractivity contribution in [3.63, 3.8) is 0 Å². The predicted octanol–water partition coefficient (Wildman–Crippen LogP) is 3.12. The minimum atomic E-state index is -0.317. The van der Waals surface area contributed by atoms with Gasteiger partial charge in [-0.25, -0.2) is 9.37 Å². The predicted molar refractivity (Wildman–Crippen MR) is 76.2 cm³/mol. The number of para-hydroxylation sites is 1. The Morgan fingerprint density at radius 1 is 1.30 bits per heavy atom. The third kappa shape index (κ3) is 2.29. The SMILES string of the molecule is Cc1cnn(CCn2c(CCl)nc3c(F)cccc32)c1. The van der Waals surface area contributed by atoms with E-state index in [-0.39, 0.29) is 11.7 Å². The quantitative estimate of drug-likeness (QED) is 0.693. The Kier molecular flexibility index (Phi) is 3.44. The molecule has 1 aromatic carbocycles. The summed E-state index contributed by atoms with van der Waals surface area (Å²) in [6.07, 6.45) is 3.79. The largest absolute Gasteiger partial charge is 0.325 e. The lowest BCUT2D eigenvalue weighted by molar-refractivity contribution is 0.532. The van der Waals surface area contributed by atoms with Gasteiger partial charge in [0.15, 0.2) is 5.82 Å². The molecule has 0 amide bonds. The summed E-state index contributed by atoms with van der Waals surface area (Å²) in [6, 6.07) is 4.95. The highest BCUT2D eigenvalue weighted by Crippen LogP contribution is 2.20. The summed E-state index contributed by atoms with van der Waals surface area (Å²) in [5.74, 6) is 0.616. The van der Waals surface area contributed by atoms with Crippen LogP contribution in [0.1, 0.15) is 11.4 Å². The molecular formula is C14H14ClFN4. The number of aryl methyl sites for hydroxylation is 3. The first-order chi connectivity index (χ1) is 9.69. The highest BCUT2D eigenvalue weighted by atomic mass is 35.5. The Morgan fingerprint density at radius 3 is 2.85 bits per heavy atom. The van der Waals surface area contributed by atoms with Gasteiger partial charge in [0, 0.05) is 12.7 Å². The van der Waals surface area contributed by atoms with Gasteiger partial charge in [0.1, 0.15) is 11.3 Å². The summed E-state index contributed by atoms with van der Waals surface area (Å²) < 4.78 is 17.6. The van der Waals surface area contributed by atoms with Crippen LogP contribution in [0.5, 0.6) is 0 Å². The molecule has 0 N–H and O–H groups in total. The van der Waals surface area contributed by atoms with Crippen molar-refractivity contribution < 1.29 is 4.39 Å². The van der Waals surface area contributed by atoms with Gasteiger partial charge in [0.25, 0.3) is 0 Å². The molecule has 0 aliphatic carbocycles. The van der Waals surface area contributed by atoms with Crippen molar-refractivity contribution >= 4 is 22.6 Å². The standard InChI is InChI=1S/C14H14ClFN4/c1-10-8-17-19(9-10)5-6-20-12-4-2-3-11(16)14(12)18-13(20)7-15/h2-4,8-9H,5-7H2,1H3. The first-order valence-corrected chi connectivity index (χ1v) is 6.91. The van der Waals surface area contributed by atoms with Gasteiger partial charge in [-0.05, 0) is 24.6 Å². The van der Waals surface area contributed by atoms with Crippen LogP contribution in [-0.4, -0.2) is 19.3 Å². The molecule has 3 aromatic rings. The van der Waals surface area contributed by atoms with Gasteiger partial charge >= 0.3 is 0 Å². The van der Waals surface area contributed by atoms with E-state index >= 15 is 0 Å². The molecule has 0 saturated heterocycles. The number of hydrogen-bond acceptors (Lipinski definition) is 2. The van der Waals surface area contributed by atoms with E-state index in [1.54, 1.807) is 6.07 Å². The lowest BCUT2D eigenvalue weighted by Gasteiger charge is -2.07. The maximum absolute atomic E-state index is 13.7. The Morgan fingerprint density at radius 2 is 2.15 bits per heavy atom. The molecule has 6 heteroatoms. The molecular weight excluding hydrogens is 279 g/mol. The van der Waals surface area contributed by atoms with Crippen molar-refractivity contribution in [3.8, 4) is 0 Å². The highest BCUT2D eigenvalue weighted by Gasteiger charge is 2.12. The van der Waals surface area contributed by atoms with Crippen molar-refractivity contribution in [2.24, 2.45) is 0 Å². The first-order valence-electron chi connectivity index (χ1n) is 6.37. The van der Waals surface area contributed by atoms with Crippen LogP contribution in [0.25, 0.3) is 11.0 Å². The van der Waals surface area contributed by atoms with Gasteiger partial charge in [-0.3, -0.25) is 4.68 Å². The smallest absolute Gasteiger partial charge is 0.151 e. The van der Waals surface area contributed by atoms with Crippen molar-refractivity contribution in [1.82, 2.24) is 19.3 Å². The molecule has 3 rings (SSSR count). The zero-order chi connectivity index (χ0) is 14.1. The average Bonchev–Trinajstić information content (AvgIpc) is 3.01. The Bertz CT molecular complexity index is 747. The second-order valence-corrected chi connectivity index (χ2v) is 4.97. The number of aromatic nitrogens is 4. The van der Waals surface area contributed by atoms with Gasteiger partial charge in [-0.15, -0.1) is 11.6 Å². The maximum Gasteiger partial charge on any atom is 0.151 e. The Labute approximate surface area is 120 Å². The number of rotatable bonds is 4. The number of halogens is 2. The number of benzene rings is 1. The zero-order valence-electron chi connectivity index (χ0n) is 11.1. The van der Waals surface area contributed by atoms with E-state index in [1.807, 2.05) is 34.6 Å². The molecule has 0 radical (unpaired) electrons. The highest BCUT2D eigenvalue weighted by molar-refractivity contribution is 6.16. The molecule has 104 valence electrons. The van der Waals surface area contributed by atoms with E-state index in [2.05, 4.69) is 10.1 Å². The molecule has 0 aliphatic rings. The molecule has 0 atom stereocenters. The van der Waals surface area contributed by atoms with Crippen LogP contribution in [-0.2, 0) is 19.0 Å². The van der Waals surface area contributed by atoms with Crippen LogP contribution in [0, 0.1) is 12.7 Å². The molecule has 0 bridgehead atoms. The van der Waals surface area contributed by atoms with Gasteiger partial charge in [0.05, 0.1) is 24.1 Å². The zero-order valence-corrected chi connectivity index (χ0v) is 11.8. The molecule has 0 unspecified atom stereocenters. The normalized spacial score (nSPS) is 11.3. The molecule has 2 aromatic heterocycles. The van der Waals surface area contributed by atoms with Crippen LogP contribution < -0.4 is 0 Å². The summed E-state index contributed by atoms with van der Waals surface area (Å²) >= 11 is 5.91. The summed E-state index contributed by atoms with van der Waals surface area (Å²) in [6.45, 7) is 3.35. The fourth-order valence-corrected chi connectivity index (χ4v) is 2.51. The van der Waals surface area contributed by atoms with Crippen LogP contribution >= 0.6 is 11.6 Å². The van der Waals surface area contributed by atoms with Crippen LogP contribution in [0.3, 0.4) is 0 Å². The Balaban J connectivity index is 1.95. The van der Waals surface area contributed by atoms with Gasteiger partial charge in [-0.1, -0.05) is 6.07 Å². The van der Waals surface area contributed by atoms with Crippen LogP contribution in [0.4, 0.5) is 4.39 Å². The fraction of sp³-hybridized carbons (Fsp3) is 0.286. The number of alkyl halides is 1. The summed E-state index contributed by atoms with van der Waals surface area (Å²) in [5.41, 5.74) is 2.26. The van der Waals surface area contributed by atoms with Crippen LogP contribution in [0.2, 0.25) is 0 Å². The number of fused-ring (bicyclic) bond motifs is 1. The molecule has 20 heavy (non-hydrogen) atoms. The van der Waals surface area contributed by atoms with E-state index in [0.29, 0.717) is 24.4 Å². The topological polar surface area (TPSA) is 35.6 Å². The minimum Gasteiger partial charge on any atom is -0.325 e. The monoisotopic (exact) mass is 292 g/mol. The maximum atomic E-state index is 13.7. The Hall–Kier alpha value is -1.88. The summed E-state index contributed by atoms with van der Waals surface area (Å²) in [5, 5.41) is 4.24.